The van der Waals surface area contributed by atoms with Crippen LogP contribution < -0.4 is 0 Å². The van der Waals surface area contributed by atoms with Gasteiger partial charge < -0.3 is 9.64 Å². The first-order valence-corrected chi connectivity index (χ1v) is 8.10. The molecule has 3 rings (SSSR count). The Morgan fingerprint density at radius 2 is 1.96 bits per heavy atom. The van der Waals surface area contributed by atoms with Gasteiger partial charge >= 0.3 is 5.97 Å². The molecule has 0 N–H and O–H groups in total. The summed E-state index contributed by atoms with van der Waals surface area (Å²) < 4.78 is 5.27. The number of pyridine rings is 1. The Hall–Kier alpha value is -2.40. The van der Waals surface area contributed by atoms with Crippen LogP contribution in [0.3, 0.4) is 0 Å². The molecule has 0 saturated heterocycles. The first-order valence-electron chi connectivity index (χ1n) is 7.72. The first kappa shape index (κ1) is 16.5. The van der Waals surface area contributed by atoms with E-state index >= 15 is 0 Å². The molecule has 1 atom stereocenters. The van der Waals surface area contributed by atoms with Crippen LogP contribution >= 0.6 is 11.6 Å². The van der Waals surface area contributed by atoms with Gasteiger partial charge in [0.1, 0.15) is 5.15 Å². The zero-order valence-corrected chi connectivity index (χ0v) is 14.0. The third-order valence-electron chi connectivity index (χ3n) is 4.04. The molecular formula is C18H17ClN2O3. The van der Waals surface area contributed by atoms with Crippen molar-refractivity contribution in [1.82, 2.24) is 9.88 Å². The molecule has 1 aromatic heterocycles. The lowest BCUT2D eigenvalue weighted by molar-refractivity contribution is -0.140. The van der Waals surface area contributed by atoms with E-state index in [2.05, 4.69) is 11.1 Å². The van der Waals surface area contributed by atoms with E-state index in [0.29, 0.717) is 18.2 Å². The van der Waals surface area contributed by atoms with Crippen LogP contribution in [-0.4, -0.2) is 34.4 Å². The number of benzene rings is 1. The van der Waals surface area contributed by atoms with Crippen molar-refractivity contribution in [1.29, 1.82) is 0 Å². The van der Waals surface area contributed by atoms with Gasteiger partial charge in [-0.05, 0) is 36.6 Å². The molecule has 0 spiro atoms. The zero-order valence-electron chi connectivity index (χ0n) is 13.2. The van der Waals surface area contributed by atoms with E-state index in [1.165, 1.54) is 23.9 Å². The molecule has 1 aromatic carbocycles. The molecule has 6 heteroatoms. The minimum atomic E-state index is -0.849. The lowest BCUT2D eigenvalue weighted by Crippen LogP contribution is -2.42. The van der Waals surface area contributed by atoms with E-state index < -0.39 is 12.1 Å². The standard InChI is InChI=1S/C18H17ClN2O3/c1-12(24-18(23)14-6-7-16(19)20-10-14)17(22)21-9-8-13-4-2-3-5-15(13)11-21/h2-7,10,12H,8-9,11H2,1H3/t12-/m1/s1. The Kier molecular flexibility index (Phi) is 4.81. The first-order chi connectivity index (χ1) is 11.5. The van der Waals surface area contributed by atoms with E-state index in [9.17, 15) is 9.59 Å². The molecule has 24 heavy (non-hydrogen) atoms. The number of hydrogen-bond donors (Lipinski definition) is 0. The summed E-state index contributed by atoms with van der Waals surface area (Å²) >= 11 is 5.69. The van der Waals surface area contributed by atoms with E-state index in [1.807, 2.05) is 18.2 Å². The Morgan fingerprint density at radius 3 is 2.67 bits per heavy atom. The number of carbonyl (C=O) groups is 2. The summed E-state index contributed by atoms with van der Waals surface area (Å²) in [5, 5.41) is 0.294. The molecular weight excluding hydrogens is 328 g/mol. The Morgan fingerprint density at radius 1 is 1.21 bits per heavy atom. The number of fused-ring (bicyclic) bond motifs is 1. The highest BCUT2D eigenvalue weighted by Gasteiger charge is 2.27. The van der Waals surface area contributed by atoms with Crippen LogP contribution in [0.1, 0.15) is 28.4 Å². The van der Waals surface area contributed by atoms with Crippen LogP contribution in [0.4, 0.5) is 0 Å². The van der Waals surface area contributed by atoms with Crippen molar-refractivity contribution < 1.29 is 14.3 Å². The number of aromatic nitrogens is 1. The van der Waals surface area contributed by atoms with Crippen molar-refractivity contribution in [2.45, 2.75) is 26.0 Å². The second-order valence-electron chi connectivity index (χ2n) is 5.70. The highest BCUT2D eigenvalue weighted by Crippen LogP contribution is 2.19. The van der Waals surface area contributed by atoms with Crippen molar-refractivity contribution in [2.24, 2.45) is 0 Å². The third-order valence-corrected chi connectivity index (χ3v) is 4.26. The van der Waals surface area contributed by atoms with Gasteiger partial charge in [0.15, 0.2) is 6.10 Å². The van der Waals surface area contributed by atoms with Gasteiger partial charge in [-0.15, -0.1) is 0 Å². The summed E-state index contributed by atoms with van der Waals surface area (Å²) in [6, 6.07) is 11.1. The highest BCUT2D eigenvalue weighted by atomic mass is 35.5. The number of carbonyl (C=O) groups excluding carboxylic acids is 2. The smallest absolute Gasteiger partial charge is 0.340 e. The minimum Gasteiger partial charge on any atom is -0.449 e. The van der Waals surface area contributed by atoms with Crippen LogP contribution in [-0.2, 0) is 22.5 Å². The van der Waals surface area contributed by atoms with Gasteiger partial charge in [-0.1, -0.05) is 35.9 Å². The Labute approximate surface area is 145 Å². The molecule has 0 unspecified atom stereocenters. The van der Waals surface area contributed by atoms with Crippen molar-refractivity contribution in [2.75, 3.05) is 6.54 Å². The highest BCUT2D eigenvalue weighted by molar-refractivity contribution is 6.29. The average molecular weight is 345 g/mol. The fourth-order valence-electron chi connectivity index (χ4n) is 2.72. The summed E-state index contributed by atoms with van der Waals surface area (Å²) in [4.78, 5) is 30.2. The number of halogens is 1. The van der Waals surface area contributed by atoms with Crippen LogP contribution in [0.5, 0.6) is 0 Å². The van der Waals surface area contributed by atoms with Gasteiger partial charge in [0.25, 0.3) is 5.91 Å². The molecule has 1 aliphatic heterocycles. The molecule has 0 aliphatic carbocycles. The number of esters is 1. The van der Waals surface area contributed by atoms with Crippen LogP contribution in [0.15, 0.2) is 42.6 Å². The Balaban J connectivity index is 1.63. The van der Waals surface area contributed by atoms with E-state index in [-0.39, 0.29) is 11.5 Å². The molecule has 0 saturated carbocycles. The van der Waals surface area contributed by atoms with Gasteiger partial charge in [0, 0.05) is 19.3 Å². The van der Waals surface area contributed by atoms with Crippen molar-refractivity contribution in [3.63, 3.8) is 0 Å². The number of amides is 1. The van der Waals surface area contributed by atoms with E-state index in [1.54, 1.807) is 11.8 Å². The normalized spacial score (nSPS) is 14.7. The number of hydrogen-bond acceptors (Lipinski definition) is 4. The van der Waals surface area contributed by atoms with Crippen molar-refractivity contribution >= 4 is 23.5 Å². The van der Waals surface area contributed by atoms with Gasteiger partial charge in [-0.25, -0.2) is 9.78 Å². The van der Waals surface area contributed by atoms with Crippen LogP contribution in [0.2, 0.25) is 5.15 Å². The van der Waals surface area contributed by atoms with E-state index in [4.69, 9.17) is 16.3 Å². The maximum atomic E-state index is 12.5. The average Bonchev–Trinajstić information content (AvgIpc) is 2.61. The summed E-state index contributed by atoms with van der Waals surface area (Å²) in [7, 11) is 0. The molecule has 124 valence electrons. The van der Waals surface area contributed by atoms with Gasteiger partial charge in [-0.3, -0.25) is 4.79 Å². The monoisotopic (exact) mass is 344 g/mol. The van der Waals surface area contributed by atoms with Gasteiger partial charge in [0.05, 0.1) is 5.56 Å². The fourth-order valence-corrected chi connectivity index (χ4v) is 2.83. The predicted octanol–water partition coefficient (Wildman–Crippen LogP) is 2.87. The van der Waals surface area contributed by atoms with Crippen molar-refractivity contribution in [3.8, 4) is 0 Å². The largest absolute Gasteiger partial charge is 0.449 e. The summed E-state index contributed by atoms with van der Waals surface area (Å²) in [6.45, 7) is 2.75. The van der Waals surface area contributed by atoms with Gasteiger partial charge in [-0.2, -0.15) is 0 Å². The summed E-state index contributed by atoms with van der Waals surface area (Å²) in [5.41, 5.74) is 2.67. The number of rotatable bonds is 3. The molecule has 2 aromatic rings. The molecule has 1 amide bonds. The fraction of sp³-hybridized carbons (Fsp3) is 0.278. The molecule has 0 radical (unpaired) electrons. The molecule has 5 nitrogen and oxygen atoms in total. The Bertz CT molecular complexity index is 761. The quantitative estimate of drug-likeness (QED) is 0.634. The van der Waals surface area contributed by atoms with Gasteiger partial charge in [0.2, 0.25) is 0 Å². The number of nitrogens with zero attached hydrogens (tertiary/aromatic N) is 2. The van der Waals surface area contributed by atoms with Crippen molar-refractivity contribution in [3.05, 3.63) is 64.4 Å². The van der Waals surface area contributed by atoms with Crippen LogP contribution in [0, 0.1) is 0 Å². The summed E-state index contributed by atoms with van der Waals surface area (Å²) in [5.74, 6) is -0.780. The second-order valence-corrected chi connectivity index (χ2v) is 6.08. The third kappa shape index (κ3) is 3.57. The lowest BCUT2D eigenvalue weighted by Gasteiger charge is -2.30. The maximum absolute atomic E-state index is 12.5. The molecule has 0 bridgehead atoms. The van der Waals surface area contributed by atoms with Crippen LogP contribution in [0.25, 0.3) is 0 Å². The molecule has 0 fully saturated rings. The molecule has 2 heterocycles. The second kappa shape index (κ2) is 7.01. The minimum absolute atomic E-state index is 0.195. The predicted molar refractivity (Wildman–Crippen MR) is 89.7 cm³/mol. The topological polar surface area (TPSA) is 59.5 Å². The molecule has 1 aliphatic rings. The lowest BCUT2D eigenvalue weighted by atomic mass is 9.99. The van der Waals surface area contributed by atoms with E-state index in [0.717, 1.165) is 12.0 Å². The maximum Gasteiger partial charge on any atom is 0.340 e. The zero-order chi connectivity index (χ0) is 17.1. The number of ether oxygens (including phenoxy) is 1. The SMILES string of the molecule is C[C@@H](OC(=O)c1ccc(Cl)nc1)C(=O)N1CCc2ccccc2C1. The summed E-state index contributed by atoms with van der Waals surface area (Å²) in [6.07, 6.45) is 1.29.